The highest BCUT2D eigenvalue weighted by atomic mass is 16.3. The molecule has 0 amide bonds. The van der Waals surface area contributed by atoms with E-state index in [2.05, 4.69) is 24.3 Å². The highest BCUT2D eigenvalue weighted by Gasteiger charge is 2.41. The number of fused-ring (bicyclic) bond motifs is 1. The summed E-state index contributed by atoms with van der Waals surface area (Å²) in [5, 5.41) is 12.2. The number of rotatable bonds is 3. The van der Waals surface area contributed by atoms with E-state index in [4.69, 9.17) is 4.98 Å². The van der Waals surface area contributed by atoms with Gasteiger partial charge in [-0.1, -0.05) is 30.7 Å². The SMILES string of the molecule is OC1(Cc2ccc3ccccc3n2)CCCC(C2CC2)C1. The van der Waals surface area contributed by atoms with E-state index >= 15 is 0 Å². The van der Waals surface area contributed by atoms with Crippen molar-refractivity contribution in [2.45, 2.75) is 50.5 Å². The first-order chi connectivity index (χ1) is 10.2. The van der Waals surface area contributed by atoms with Gasteiger partial charge in [-0.2, -0.15) is 0 Å². The van der Waals surface area contributed by atoms with Gasteiger partial charge in [0.25, 0.3) is 0 Å². The Labute approximate surface area is 126 Å². The van der Waals surface area contributed by atoms with Gasteiger partial charge < -0.3 is 5.11 Å². The quantitative estimate of drug-likeness (QED) is 0.918. The van der Waals surface area contributed by atoms with Crippen molar-refractivity contribution in [1.29, 1.82) is 0 Å². The summed E-state index contributed by atoms with van der Waals surface area (Å²) in [6.07, 6.45) is 7.88. The number of aliphatic hydroxyl groups is 1. The number of nitrogens with zero attached hydrogens (tertiary/aromatic N) is 1. The zero-order valence-electron chi connectivity index (χ0n) is 12.5. The normalized spacial score (nSPS) is 29.7. The van der Waals surface area contributed by atoms with E-state index in [0.29, 0.717) is 6.42 Å². The third-order valence-electron chi connectivity index (χ3n) is 5.31. The molecule has 0 saturated heterocycles. The van der Waals surface area contributed by atoms with Crippen molar-refractivity contribution in [2.24, 2.45) is 11.8 Å². The Bertz CT molecular complexity index is 649. The topological polar surface area (TPSA) is 33.1 Å². The molecule has 110 valence electrons. The molecule has 4 rings (SSSR count). The summed E-state index contributed by atoms with van der Waals surface area (Å²) >= 11 is 0. The lowest BCUT2D eigenvalue weighted by molar-refractivity contribution is -0.0202. The van der Waals surface area contributed by atoms with E-state index in [1.165, 1.54) is 31.1 Å². The van der Waals surface area contributed by atoms with E-state index in [9.17, 15) is 5.11 Å². The number of para-hydroxylation sites is 1. The summed E-state index contributed by atoms with van der Waals surface area (Å²) in [5.74, 6) is 1.66. The molecule has 2 nitrogen and oxygen atoms in total. The van der Waals surface area contributed by atoms with Gasteiger partial charge in [0.1, 0.15) is 0 Å². The highest BCUT2D eigenvalue weighted by Crippen LogP contribution is 2.47. The zero-order chi connectivity index (χ0) is 14.3. The summed E-state index contributed by atoms with van der Waals surface area (Å²) < 4.78 is 0. The van der Waals surface area contributed by atoms with Crippen LogP contribution in [0.1, 0.15) is 44.2 Å². The monoisotopic (exact) mass is 281 g/mol. The van der Waals surface area contributed by atoms with E-state index in [0.717, 1.165) is 35.9 Å². The first kappa shape index (κ1) is 13.3. The predicted octanol–water partition coefficient (Wildman–Crippen LogP) is 4.11. The van der Waals surface area contributed by atoms with Crippen LogP contribution in [-0.4, -0.2) is 15.7 Å². The molecule has 0 spiro atoms. The molecule has 0 bridgehead atoms. The highest BCUT2D eigenvalue weighted by molar-refractivity contribution is 5.78. The Morgan fingerprint density at radius 2 is 1.90 bits per heavy atom. The maximum Gasteiger partial charge on any atom is 0.0705 e. The van der Waals surface area contributed by atoms with Crippen LogP contribution in [0.2, 0.25) is 0 Å². The Morgan fingerprint density at radius 3 is 2.76 bits per heavy atom. The van der Waals surface area contributed by atoms with Crippen molar-refractivity contribution < 1.29 is 5.11 Å². The third-order valence-corrected chi connectivity index (χ3v) is 5.31. The van der Waals surface area contributed by atoms with Gasteiger partial charge in [-0.25, -0.2) is 0 Å². The Balaban J connectivity index is 1.54. The van der Waals surface area contributed by atoms with Crippen LogP contribution in [-0.2, 0) is 6.42 Å². The molecule has 0 radical (unpaired) electrons. The standard InChI is InChI=1S/C19H23NO/c21-19(11-3-5-16(12-19)14-7-8-14)13-17-10-9-15-4-1-2-6-18(15)20-17/h1-2,4,6,9-10,14,16,21H,3,5,7-8,11-13H2. The van der Waals surface area contributed by atoms with Crippen LogP contribution >= 0.6 is 0 Å². The van der Waals surface area contributed by atoms with Gasteiger partial charge in [0.15, 0.2) is 0 Å². The van der Waals surface area contributed by atoms with Gasteiger partial charge in [0, 0.05) is 17.5 Å². The molecular formula is C19H23NO. The molecule has 21 heavy (non-hydrogen) atoms. The van der Waals surface area contributed by atoms with Crippen LogP contribution in [0.3, 0.4) is 0 Å². The second-order valence-electron chi connectivity index (χ2n) is 7.09. The minimum absolute atomic E-state index is 0.527. The molecule has 2 unspecified atom stereocenters. The molecule has 1 aromatic carbocycles. The largest absolute Gasteiger partial charge is 0.389 e. The van der Waals surface area contributed by atoms with Crippen molar-refractivity contribution in [1.82, 2.24) is 4.98 Å². The van der Waals surface area contributed by atoms with Gasteiger partial charge in [-0.05, 0) is 56.1 Å². The number of benzene rings is 1. The zero-order valence-corrected chi connectivity index (χ0v) is 12.5. The molecule has 1 N–H and O–H groups in total. The summed E-state index contributed by atoms with van der Waals surface area (Å²) in [6, 6.07) is 12.4. The van der Waals surface area contributed by atoms with Crippen molar-refractivity contribution in [3.8, 4) is 0 Å². The number of pyridine rings is 1. The van der Waals surface area contributed by atoms with Gasteiger partial charge >= 0.3 is 0 Å². The smallest absolute Gasteiger partial charge is 0.0705 e. The molecular weight excluding hydrogens is 258 g/mol. The summed E-state index contributed by atoms with van der Waals surface area (Å²) in [5.41, 5.74) is 1.54. The van der Waals surface area contributed by atoms with Crippen LogP contribution < -0.4 is 0 Å². The first-order valence-electron chi connectivity index (χ1n) is 8.29. The fraction of sp³-hybridized carbons (Fsp3) is 0.526. The molecule has 2 heteroatoms. The lowest BCUT2D eigenvalue weighted by Gasteiger charge is -2.37. The maximum atomic E-state index is 11.0. The molecule has 1 heterocycles. The minimum atomic E-state index is -0.527. The van der Waals surface area contributed by atoms with Crippen molar-refractivity contribution in [3.63, 3.8) is 0 Å². The molecule has 2 aliphatic carbocycles. The van der Waals surface area contributed by atoms with Crippen LogP contribution in [0.15, 0.2) is 36.4 Å². The van der Waals surface area contributed by atoms with Gasteiger partial charge in [-0.15, -0.1) is 0 Å². The summed E-state index contributed by atoms with van der Waals surface area (Å²) in [7, 11) is 0. The second kappa shape index (κ2) is 5.10. The molecule has 2 atom stereocenters. The average Bonchev–Trinajstić information content (AvgIpc) is 3.31. The first-order valence-corrected chi connectivity index (χ1v) is 8.29. The second-order valence-corrected chi connectivity index (χ2v) is 7.09. The van der Waals surface area contributed by atoms with Gasteiger partial charge in [0.05, 0.1) is 11.1 Å². The van der Waals surface area contributed by atoms with Crippen LogP contribution in [0.4, 0.5) is 0 Å². The molecule has 2 saturated carbocycles. The molecule has 2 aliphatic rings. The lowest BCUT2D eigenvalue weighted by atomic mass is 9.74. The molecule has 0 aliphatic heterocycles. The van der Waals surface area contributed by atoms with Crippen LogP contribution in [0.5, 0.6) is 0 Å². The lowest BCUT2D eigenvalue weighted by Crippen LogP contribution is -2.38. The van der Waals surface area contributed by atoms with E-state index in [1.54, 1.807) is 0 Å². The summed E-state index contributed by atoms with van der Waals surface area (Å²) in [4.78, 5) is 4.74. The molecule has 1 aromatic heterocycles. The Kier molecular flexibility index (Phi) is 3.22. The van der Waals surface area contributed by atoms with E-state index in [-0.39, 0.29) is 0 Å². The Morgan fingerprint density at radius 1 is 1.05 bits per heavy atom. The maximum absolute atomic E-state index is 11.0. The number of hydrogen-bond donors (Lipinski definition) is 1. The van der Waals surface area contributed by atoms with Gasteiger partial charge in [0.2, 0.25) is 0 Å². The summed E-state index contributed by atoms with van der Waals surface area (Å²) in [6.45, 7) is 0. The van der Waals surface area contributed by atoms with Gasteiger partial charge in [-0.3, -0.25) is 4.98 Å². The van der Waals surface area contributed by atoms with E-state index < -0.39 is 5.60 Å². The molecule has 2 aromatic rings. The number of aromatic nitrogens is 1. The van der Waals surface area contributed by atoms with E-state index in [1.807, 2.05) is 12.1 Å². The minimum Gasteiger partial charge on any atom is -0.389 e. The molecule has 2 fully saturated rings. The predicted molar refractivity (Wildman–Crippen MR) is 85.1 cm³/mol. The van der Waals surface area contributed by atoms with Crippen molar-refractivity contribution in [3.05, 3.63) is 42.1 Å². The third kappa shape index (κ3) is 2.82. The van der Waals surface area contributed by atoms with Crippen molar-refractivity contribution in [2.75, 3.05) is 0 Å². The fourth-order valence-electron chi connectivity index (χ4n) is 4.06. The number of hydrogen-bond acceptors (Lipinski definition) is 2. The fourth-order valence-corrected chi connectivity index (χ4v) is 4.06. The van der Waals surface area contributed by atoms with Crippen molar-refractivity contribution >= 4 is 10.9 Å². The average molecular weight is 281 g/mol. The van der Waals surface area contributed by atoms with Crippen LogP contribution in [0, 0.1) is 11.8 Å². The van der Waals surface area contributed by atoms with Crippen LogP contribution in [0.25, 0.3) is 10.9 Å². The Hall–Kier alpha value is -1.41.